The van der Waals surface area contributed by atoms with E-state index in [4.69, 9.17) is 11.1 Å². The molecule has 1 fully saturated rings. The molecule has 1 aromatic carbocycles. The Balaban J connectivity index is 2.34. The second kappa shape index (κ2) is 5.92. The number of benzene rings is 1. The molecule has 0 bridgehead atoms. The minimum Gasteiger partial charge on any atom is -0.391 e. The van der Waals surface area contributed by atoms with Gasteiger partial charge in [-0.1, -0.05) is 28.8 Å². The predicted molar refractivity (Wildman–Crippen MR) is 81.8 cm³/mol. The van der Waals surface area contributed by atoms with Crippen molar-refractivity contribution < 1.29 is 5.11 Å². The van der Waals surface area contributed by atoms with Crippen LogP contribution in [0.25, 0.3) is 0 Å². The summed E-state index contributed by atoms with van der Waals surface area (Å²) in [5.41, 5.74) is 7.25. The zero-order valence-corrected chi connectivity index (χ0v) is 12.7. The van der Waals surface area contributed by atoms with Crippen LogP contribution < -0.4 is 10.6 Å². The number of hydrogen-bond acceptors (Lipinski definition) is 3. The van der Waals surface area contributed by atoms with Gasteiger partial charge in [-0.3, -0.25) is 5.41 Å². The summed E-state index contributed by atoms with van der Waals surface area (Å²) in [7, 11) is 1.97. The third-order valence-corrected chi connectivity index (χ3v) is 4.31. The first kappa shape index (κ1) is 14.3. The van der Waals surface area contributed by atoms with Gasteiger partial charge in [-0.05, 0) is 31.0 Å². The molecule has 2 unspecified atom stereocenters. The highest BCUT2D eigenvalue weighted by Gasteiger charge is 2.28. The van der Waals surface area contributed by atoms with Crippen molar-refractivity contribution in [2.45, 2.75) is 37.8 Å². The van der Waals surface area contributed by atoms with E-state index in [-0.39, 0.29) is 18.0 Å². The van der Waals surface area contributed by atoms with Gasteiger partial charge in [0.25, 0.3) is 0 Å². The van der Waals surface area contributed by atoms with E-state index < -0.39 is 0 Å². The van der Waals surface area contributed by atoms with Crippen molar-refractivity contribution in [2.24, 2.45) is 5.73 Å². The van der Waals surface area contributed by atoms with Crippen LogP contribution in [0, 0.1) is 5.41 Å². The molecule has 0 radical (unpaired) electrons. The van der Waals surface area contributed by atoms with E-state index in [0.29, 0.717) is 5.56 Å². The van der Waals surface area contributed by atoms with Crippen molar-refractivity contribution in [3.8, 4) is 0 Å². The second-order valence-corrected chi connectivity index (χ2v) is 6.02. The monoisotopic (exact) mass is 325 g/mol. The summed E-state index contributed by atoms with van der Waals surface area (Å²) in [4.78, 5) is 2.06. The molecule has 1 aliphatic rings. The van der Waals surface area contributed by atoms with Crippen LogP contribution in [-0.4, -0.2) is 30.1 Å². The highest BCUT2D eigenvalue weighted by Crippen LogP contribution is 2.30. The lowest BCUT2D eigenvalue weighted by Gasteiger charge is -2.37. The van der Waals surface area contributed by atoms with Crippen molar-refractivity contribution in [3.63, 3.8) is 0 Å². The molecule has 0 aliphatic heterocycles. The number of aliphatic hydroxyl groups excluding tert-OH is 1. The van der Waals surface area contributed by atoms with Crippen LogP contribution in [0.5, 0.6) is 0 Å². The van der Waals surface area contributed by atoms with E-state index in [1.165, 1.54) is 0 Å². The molecular formula is C14H20BrN3O. The molecule has 2 rings (SSSR count). The first-order chi connectivity index (χ1) is 9.00. The van der Waals surface area contributed by atoms with Crippen LogP contribution in [0.3, 0.4) is 0 Å². The summed E-state index contributed by atoms with van der Waals surface area (Å²) in [6.07, 6.45) is 3.73. The summed E-state index contributed by atoms with van der Waals surface area (Å²) in [5, 5.41) is 17.8. The van der Waals surface area contributed by atoms with Crippen LogP contribution >= 0.6 is 15.9 Å². The zero-order valence-electron chi connectivity index (χ0n) is 11.1. The van der Waals surface area contributed by atoms with E-state index in [0.717, 1.165) is 35.8 Å². The normalized spacial score (nSPS) is 23.1. The number of anilines is 1. The van der Waals surface area contributed by atoms with Crippen molar-refractivity contribution >= 4 is 27.5 Å². The van der Waals surface area contributed by atoms with E-state index in [2.05, 4.69) is 20.8 Å². The zero-order chi connectivity index (χ0) is 14.0. The van der Waals surface area contributed by atoms with E-state index in [1.807, 2.05) is 25.2 Å². The maximum absolute atomic E-state index is 10.2. The third kappa shape index (κ3) is 3.09. The smallest absolute Gasteiger partial charge is 0.124 e. The molecule has 5 heteroatoms. The van der Waals surface area contributed by atoms with Gasteiger partial charge in [0.15, 0.2) is 0 Å². The number of nitrogens with one attached hydrogen (secondary N) is 1. The quantitative estimate of drug-likeness (QED) is 0.590. The lowest BCUT2D eigenvalue weighted by Crippen LogP contribution is -2.44. The van der Waals surface area contributed by atoms with Gasteiger partial charge < -0.3 is 15.7 Å². The molecule has 1 aliphatic carbocycles. The fourth-order valence-electron chi connectivity index (χ4n) is 2.75. The molecule has 0 heterocycles. The first-order valence-corrected chi connectivity index (χ1v) is 7.35. The number of nitrogens with zero attached hydrogens (tertiary/aromatic N) is 1. The summed E-state index contributed by atoms with van der Waals surface area (Å²) in [5.74, 6) is 0.0552. The highest BCUT2D eigenvalue weighted by atomic mass is 79.9. The lowest BCUT2D eigenvalue weighted by atomic mass is 9.91. The third-order valence-electron chi connectivity index (χ3n) is 3.82. The largest absolute Gasteiger partial charge is 0.391 e. The molecule has 1 aromatic rings. The van der Waals surface area contributed by atoms with Gasteiger partial charge in [-0.15, -0.1) is 0 Å². The molecular weight excluding hydrogens is 306 g/mol. The summed E-state index contributed by atoms with van der Waals surface area (Å²) >= 11 is 3.45. The molecule has 19 heavy (non-hydrogen) atoms. The van der Waals surface area contributed by atoms with Crippen LogP contribution in [0.1, 0.15) is 31.2 Å². The number of halogens is 1. The minimum absolute atomic E-state index is 0.0552. The number of amidine groups is 1. The van der Waals surface area contributed by atoms with E-state index in [9.17, 15) is 5.11 Å². The average molecular weight is 326 g/mol. The Morgan fingerprint density at radius 3 is 2.74 bits per heavy atom. The molecule has 4 N–H and O–H groups in total. The van der Waals surface area contributed by atoms with Crippen LogP contribution in [-0.2, 0) is 0 Å². The fourth-order valence-corrected chi connectivity index (χ4v) is 3.10. The fraction of sp³-hybridized carbons (Fsp3) is 0.500. The molecule has 0 amide bonds. The number of nitrogens with two attached hydrogens (primary N) is 1. The van der Waals surface area contributed by atoms with E-state index in [1.54, 1.807) is 0 Å². The minimum atomic E-state index is -0.308. The van der Waals surface area contributed by atoms with Crippen molar-refractivity contribution in [1.29, 1.82) is 5.41 Å². The Hall–Kier alpha value is -1.07. The molecule has 104 valence electrons. The van der Waals surface area contributed by atoms with Gasteiger partial charge in [0.2, 0.25) is 0 Å². The highest BCUT2D eigenvalue weighted by molar-refractivity contribution is 9.10. The number of nitrogen functional groups attached to an aromatic ring is 1. The van der Waals surface area contributed by atoms with Crippen molar-refractivity contribution in [3.05, 3.63) is 28.2 Å². The van der Waals surface area contributed by atoms with Crippen LogP contribution in [0.15, 0.2) is 22.7 Å². The molecule has 0 spiro atoms. The van der Waals surface area contributed by atoms with Crippen LogP contribution in [0.4, 0.5) is 5.69 Å². The molecule has 0 aromatic heterocycles. The van der Waals surface area contributed by atoms with Crippen molar-refractivity contribution in [1.82, 2.24) is 0 Å². The van der Waals surface area contributed by atoms with Gasteiger partial charge >= 0.3 is 0 Å². The molecule has 0 saturated heterocycles. The topological polar surface area (TPSA) is 73.3 Å². The standard InChI is InChI=1S/C14H20BrN3O/c1-18(11-4-2-3-5-13(11)19)12-8-9(15)6-7-10(12)14(16)17/h6-8,11,13,19H,2-5H2,1H3,(H3,16,17). The Labute approximate surface area is 122 Å². The molecule has 2 atom stereocenters. The summed E-state index contributed by atoms with van der Waals surface area (Å²) < 4.78 is 0.949. The number of aliphatic hydroxyl groups is 1. The average Bonchev–Trinajstić information content (AvgIpc) is 2.38. The maximum atomic E-state index is 10.2. The van der Waals surface area contributed by atoms with Gasteiger partial charge in [0.1, 0.15) is 5.84 Å². The number of hydrogen-bond donors (Lipinski definition) is 3. The Bertz CT molecular complexity index is 478. The number of likely N-dealkylation sites (N-methyl/N-ethyl adjacent to an activating group) is 1. The SMILES string of the molecule is CN(c1cc(Br)ccc1C(=N)N)C1CCCCC1O. The second-order valence-electron chi connectivity index (χ2n) is 5.11. The molecule has 1 saturated carbocycles. The van der Waals surface area contributed by atoms with Crippen molar-refractivity contribution in [2.75, 3.05) is 11.9 Å². The molecule has 4 nitrogen and oxygen atoms in total. The summed E-state index contributed by atoms with van der Waals surface area (Å²) in [6.45, 7) is 0. The Morgan fingerprint density at radius 2 is 2.11 bits per heavy atom. The Morgan fingerprint density at radius 1 is 1.42 bits per heavy atom. The number of rotatable bonds is 3. The van der Waals surface area contributed by atoms with E-state index >= 15 is 0 Å². The maximum Gasteiger partial charge on any atom is 0.124 e. The Kier molecular flexibility index (Phi) is 4.47. The summed E-state index contributed by atoms with van der Waals surface area (Å²) in [6, 6.07) is 5.78. The van der Waals surface area contributed by atoms with Crippen LogP contribution in [0.2, 0.25) is 0 Å². The van der Waals surface area contributed by atoms with Gasteiger partial charge in [0.05, 0.1) is 12.1 Å². The first-order valence-electron chi connectivity index (χ1n) is 6.55. The van der Waals surface area contributed by atoms with Gasteiger partial charge in [0, 0.05) is 22.8 Å². The predicted octanol–water partition coefficient (Wildman–Crippen LogP) is 2.47. The van der Waals surface area contributed by atoms with Gasteiger partial charge in [-0.25, -0.2) is 0 Å². The lowest BCUT2D eigenvalue weighted by molar-refractivity contribution is 0.106. The van der Waals surface area contributed by atoms with Gasteiger partial charge in [-0.2, -0.15) is 0 Å².